The highest BCUT2D eigenvalue weighted by Crippen LogP contribution is 2.29. The summed E-state index contributed by atoms with van der Waals surface area (Å²) < 4.78 is 11.9. The van der Waals surface area contributed by atoms with Crippen LogP contribution in [0.2, 0.25) is 0 Å². The van der Waals surface area contributed by atoms with Crippen LogP contribution in [0, 0.1) is 10.8 Å². The van der Waals surface area contributed by atoms with Crippen LogP contribution in [-0.4, -0.2) is 55.7 Å². The third-order valence-corrected chi connectivity index (χ3v) is 11.6. The predicted octanol–water partition coefficient (Wildman–Crippen LogP) is 13.9. The molecule has 0 aromatic rings. The first-order valence-corrected chi connectivity index (χ1v) is 23.8. The molecule has 0 aliphatic heterocycles. The molecule has 0 aromatic carbocycles. The van der Waals surface area contributed by atoms with Gasteiger partial charge in [0.05, 0.1) is 17.4 Å². The van der Waals surface area contributed by atoms with Crippen molar-refractivity contribution in [2.24, 2.45) is 16.6 Å². The van der Waals surface area contributed by atoms with Crippen LogP contribution in [0.4, 0.5) is 0 Å². The first-order chi connectivity index (χ1) is 26.0. The van der Waals surface area contributed by atoms with Gasteiger partial charge < -0.3 is 20.1 Å². The maximum atomic E-state index is 13.4. The van der Waals surface area contributed by atoms with Crippen molar-refractivity contribution in [3.05, 3.63) is 0 Å². The summed E-state index contributed by atoms with van der Waals surface area (Å²) in [5.41, 5.74) is 5.11. The SMILES string of the molecule is CCCCCCCCCCCOC(=O)C(C)(C)CCCCN(CCN)CCCCCCC(C)(C)C(=O)OC(CCCCCCCC)CCCCCCCC. The van der Waals surface area contributed by atoms with E-state index in [1.807, 2.05) is 13.8 Å². The molecule has 0 rings (SSSR count). The molecule has 0 spiro atoms. The topological polar surface area (TPSA) is 81.9 Å². The number of ether oxygens (including phenoxy) is 2. The predicted molar refractivity (Wildman–Crippen MR) is 234 cm³/mol. The molecule has 54 heavy (non-hydrogen) atoms. The van der Waals surface area contributed by atoms with Crippen LogP contribution in [0.15, 0.2) is 0 Å². The molecule has 6 nitrogen and oxygen atoms in total. The summed E-state index contributed by atoms with van der Waals surface area (Å²) in [5, 5.41) is 0. The van der Waals surface area contributed by atoms with E-state index in [0.717, 1.165) is 90.3 Å². The van der Waals surface area contributed by atoms with E-state index >= 15 is 0 Å². The van der Waals surface area contributed by atoms with Crippen LogP contribution in [0.5, 0.6) is 0 Å². The van der Waals surface area contributed by atoms with E-state index in [1.165, 1.54) is 128 Å². The van der Waals surface area contributed by atoms with Gasteiger partial charge in [0.25, 0.3) is 0 Å². The Morgan fingerprint density at radius 3 is 1.33 bits per heavy atom. The Morgan fingerprint density at radius 1 is 0.481 bits per heavy atom. The number of unbranched alkanes of at least 4 members (excludes halogenated alkanes) is 22. The van der Waals surface area contributed by atoms with Crippen molar-refractivity contribution in [3.8, 4) is 0 Å². The van der Waals surface area contributed by atoms with E-state index in [-0.39, 0.29) is 18.0 Å². The number of hydrogen-bond donors (Lipinski definition) is 1. The lowest BCUT2D eigenvalue weighted by molar-refractivity contribution is -0.161. The van der Waals surface area contributed by atoms with Crippen LogP contribution in [-0.2, 0) is 19.1 Å². The van der Waals surface area contributed by atoms with E-state index in [0.29, 0.717) is 13.2 Å². The van der Waals surface area contributed by atoms with Crippen LogP contribution >= 0.6 is 0 Å². The summed E-state index contributed by atoms with van der Waals surface area (Å²) >= 11 is 0. The largest absolute Gasteiger partial charge is 0.465 e. The van der Waals surface area contributed by atoms with Gasteiger partial charge in [-0.25, -0.2) is 0 Å². The molecule has 0 aliphatic rings. The van der Waals surface area contributed by atoms with Crippen molar-refractivity contribution in [1.29, 1.82) is 0 Å². The molecule has 0 unspecified atom stereocenters. The fraction of sp³-hybridized carbons (Fsp3) is 0.958. The summed E-state index contributed by atoms with van der Waals surface area (Å²) in [6.45, 7) is 19.3. The molecule has 0 radical (unpaired) electrons. The Balaban J connectivity index is 4.38. The summed E-state index contributed by atoms with van der Waals surface area (Å²) in [6.07, 6.45) is 37.2. The van der Waals surface area contributed by atoms with Gasteiger partial charge in [0, 0.05) is 13.1 Å². The summed E-state index contributed by atoms with van der Waals surface area (Å²) in [4.78, 5) is 28.7. The normalized spacial score (nSPS) is 12.3. The second-order valence-corrected chi connectivity index (χ2v) is 18.1. The second-order valence-electron chi connectivity index (χ2n) is 18.1. The van der Waals surface area contributed by atoms with Crippen LogP contribution in [0.25, 0.3) is 0 Å². The first-order valence-electron chi connectivity index (χ1n) is 23.8. The standard InChI is InChI=1S/C48H96N2O4/c1-8-11-14-17-20-21-22-27-34-43-53-45(51)47(4,5)38-31-33-41-50(42-39-49)40-32-26-25-30-37-48(6,7)46(52)54-44(35-28-23-18-15-12-9-2)36-29-24-19-16-13-10-3/h44H,8-43,49H2,1-7H3. The maximum absolute atomic E-state index is 13.4. The Bertz CT molecular complexity index is 829. The van der Waals surface area contributed by atoms with Crippen molar-refractivity contribution < 1.29 is 19.1 Å². The molecule has 0 bridgehead atoms. The lowest BCUT2D eigenvalue weighted by Gasteiger charge is -2.27. The fourth-order valence-electron chi connectivity index (χ4n) is 7.53. The summed E-state index contributed by atoms with van der Waals surface area (Å²) in [7, 11) is 0. The Labute approximate surface area is 338 Å². The van der Waals surface area contributed by atoms with Crippen LogP contribution < -0.4 is 5.73 Å². The smallest absolute Gasteiger partial charge is 0.311 e. The quantitative estimate of drug-likeness (QED) is 0.0493. The lowest BCUT2D eigenvalue weighted by Crippen LogP contribution is -2.32. The molecule has 0 saturated carbocycles. The van der Waals surface area contributed by atoms with Gasteiger partial charge in [0.15, 0.2) is 0 Å². The number of esters is 2. The number of hydrogen-bond acceptors (Lipinski definition) is 6. The van der Waals surface area contributed by atoms with E-state index in [2.05, 4.69) is 39.5 Å². The molecule has 0 atom stereocenters. The average molecular weight is 765 g/mol. The van der Waals surface area contributed by atoms with Gasteiger partial charge in [0.2, 0.25) is 0 Å². The average Bonchev–Trinajstić information content (AvgIpc) is 3.14. The van der Waals surface area contributed by atoms with Crippen molar-refractivity contribution in [2.45, 2.75) is 254 Å². The molecule has 0 aromatic heterocycles. The number of nitrogens with two attached hydrogens (primary N) is 1. The molecule has 0 saturated heterocycles. The van der Waals surface area contributed by atoms with Gasteiger partial charge in [-0.2, -0.15) is 0 Å². The van der Waals surface area contributed by atoms with Crippen molar-refractivity contribution in [2.75, 3.05) is 32.8 Å². The summed E-state index contributed by atoms with van der Waals surface area (Å²) in [6, 6.07) is 0. The van der Waals surface area contributed by atoms with E-state index in [9.17, 15) is 9.59 Å². The van der Waals surface area contributed by atoms with E-state index in [4.69, 9.17) is 15.2 Å². The fourth-order valence-corrected chi connectivity index (χ4v) is 7.53. The molecule has 6 heteroatoms. The third-order valence-electron chi connectivity index (χ3n) is 11.6. The van der Waals surface area contributed by atoms with Crippen molar-refractivity contribution >= 4 is 11.9 Å². The Hall–Kier alpha value is -1.14. The zero-order chi connectivity index (χ0) is 40.2. The van der Waals surface area contributed by atoms with Gasteiger partial charge >= 0.3 is 11.9 Å². The van der Waals surface area contributed by atoms with E-state index in [1.54, 1.807) is 0 Å². The molecule has 0 heterocycles. The van der Waals surface area contributed by atoms with Gasteiger partial charge in [-0.15, -0.1) is 0 Å². The number of rotatable bonds is 41. The van der Waals surface area contributed by atoms with E-state index < -0.39 is 10.8 Å². The highest BCUT2D eigenvalue weighted by atomic mass is 16.5. The Morgan fingerprint density at radius 2 is 0.852 bits per heavy atom. The number of carbonyl (C=O) groups is 2. The molecular formula is C48H96N2O4. The second kappa shape index (κ2) is 36.2. The van der Waals surface area contributed by atoms with Crippen LogP contribution in [0.3, 0.4) is 0 Å². The van der Waals surface area contributed by atoms with Gasteiger partial charge in [-0.05, 0) is 98.6 Å². The zero-order valence-electron chi connectivity index (χ0n) is 37.7. The molecule has 2 N–H and O–H groups in total. The minimum absolute atomic E-state index is 0.00818. The highest BCUT2D eigenvalue weighted by Gasteiger charge is 2.31. The van der Waals surface area contributed by atoms with Crippen molar-refractivity contribution in [3.63, 3.8) is 0 Å². The van der Waals surface area contributed by atoms with Crippen molar-refractivity contribution in [1.82, 2.24) is 4.90 Å². The third kappa shape index (κ3) is 31.0. The minimum Gasteiger partial charge on any atom is -0.465 e. The van der Waals surface area contributed by atoms with Gasteiger partial charge in [-0.1, -0.05) is 162 Å². The molecule has 322 valence electrons. The number of nitrogens with zero attached hydrogens (tertiary/aromatic N) is 1. The molecule has 0 aliphatic carbocycles. The lowest BCUT2D eigenvalue weighted by atomic mass is 9.86. The number of carbonyl (C=O) groups excluding carboxylic acids is 2. The maximum Gasteiger partial charge on any atom is 0.311 e. The Kier molecular flexibility index (Phi) is 35.5. The minimum atomic E-state index is -0.431. The van der Waals surface area contributed by atoms with Gasteiger partial charge in [-0.3, -0.25) is 9.59 Å². The first kappa shape index (κ1) is 52.9. The molecular weight excluding hydrogens is 669 g/mol. The molecule has 0 amide bonds. The summed E-state index contributed by atoms with van der Waals surface area (Å²) in [5.74, 6) is -0.0349. The van der Waals surface area contributed by atoms with Gasteiger partial charge in [0.1, 0.15) is 6.10 Å². The molecule has 0 fully saturated rings. The monoisotopic (exact) mass is 765 g/mol. The zero-order valence-corrected chi connectivity index (χ0v) is 37.7. The highest BCUT2D eigenvalue weighted by molar-refractivity contribution is 5.76. The van der Waals surface area contributed by atoms with Crippen LogP contribution in [0.1, 0.15) is 248 Å².